The number of ether oxygens (including phenoxy) is 2. The summed E-state index contributed by atoms with van der Waals surface area (Å²) in [7, 11) is 1.53. The average Bonchev–Trinajstić information content (AvgIpc) is 3.45. The zero-order valence-electron chi connectivity index (χ0n) is 19.7. The van der Waals surface area contributed by atoms with Gasteiger partial charge in [-0.1, -0.05) is 0 Å². The summed E-state index contributed by atoms with van der Waals surface area (Å²) in [6.45, 7) is 1.84. The van der Waals surface area contributed by atoms with Crippen LogP contribution in [0.5, 0.6) is 5.88 Å². The molecule has 0 aromatic carbocycles. The largest absolute Gasteiger partial charge is 0.481 e. The maximum absolute atomic E-state index is 12.4. The molecular formula is C24H33N5O5. The van der Waals surface area contributed by atoms with Crippen molar-refractivity contribution in [3.8, 4) is 5.88 Å². The summed E-state index contributed by atoms with van der Waals surface area (Å²) in [5.74, 6) is 0.937. The first kappa shape index (κ1) is 24.0. The van der Waals surface area contributed by atoms with E-state index in [4.69, 9.17) is 9.47 Å². The number of aromatic nitrogens is 3. The lowest BCUT2D eigenvalue weighted by Gasteiger charge is -2.33. The first-order valence-corrected chi connectivity index (χ1v) is 11.8. The van der Waals surface area contributed by atoms with Crippen LogP contribution in [-0.2, 0) is 16.0 Å². The maximum Gasteiger partial charge on any atom is 0.407 e. The van der Waals surface area contributed by atoms with Gasteiger partial charge in [0.25, 0.3) is 0 Å². The van der Waals surface area contributed by atoms with Gasteiger partial charge in [-0.15, -0.1) is 0 Å². The molecule has 2 aliphatic carbocycles. The number of hydrogen-bond donors (Lipinski definition) is 4. The van der Waals surface area contributed by atoms with Crippen LogP contribution in [0.25, 0.3) is 0 Å². The van der Waals surface area contributed by atoms with Gasteiger partial charge in [0.05, 0.1) is 19.1 Å². The molecule has 0 spiro atoms. The average molecular weight is 472 g/mol. The minimum Gasteiger partial charge on any atom is -0.481 e. The van der Waals surface area contributed by atoms with E-state index in [0.29, 0.717) is 31.0 Å². The molecule has 34 heavy (non-hydrogen) atoms. The van der Waals surface area contributed by atoms with Gasteiger partial charge in [-0.2, -0.15) is 5.10 Å². The minimum absolute atomic E-state index is 0.0527. The van der Waals surface area contributed by atoms with Gasteiger partial charge in [0.15, 0.2) is 5.82 Å². The molecule has 10 heteroatoms. The molecule has 2 atom stereocenters. The third-order valence-corrected chi connectivity index (χ3v) is 6.72. The van der Waals surface area contributed by atoms with Crippen LogP contribution in [0.1, 0.15) is 69.0 Å². The molecule has 184 valence electrons. The molecule has 2 fully saturated rings. The van der Waals surface area contributed by atoms with E-state index >= 15 is 0 Å². The quantitative estimate of drug-likeness (QED) is 0.487. The summed E-state index contributed by atoms with van der Waals surface area (Å²) >= 11 is 0. The molecule has 2 aromatic heterocycles. The van der Waals surface area contributed by atoms with Crippen molar-refractivity contribution in [1.29, 1.82) is 0 Å². The van der Waals surface area contributed by atoms with Crippen molar-refractivity contribution in [3.63, 3.8) is 0 Å². The molecule has 0 saturated heterocycles. The molecular weight excluding hydrogens is 438 g/mol. The molecule has 2 saturated carbocycles. The van der Waals surface area contributed by atoms with Crippen molar-refractivity contribution in [2.75, 3.05) is 12.4 Å². The van der Waals surface area contributed by atoms with E-state index in [-0.39, 0.29) is 36.5 Å². The van der Waals surface area contributed by atoms with Crippen LogP contribution in [0, 0.1) is 0 Å². The summed E-state index contributed by atoms with van der Waals surface area (Å²) < 4.78 is 10.7. The SMILES string of the molecule is COc1cc(CC(=O)Nc2cc([C@@H]3CCC(OC(=O)NC4CCC(C)(O)CC4)C3)[nH]n2)ccn1. The van der Waals surface area contributed by atoms with Crippen LogP contribution in [0.4, 0.5) is 10.6 Å². The number of anilines is 1. The Bertz CT molecular complexity index is 997. The molecule has 10 nitrogen and oxygen atoms in total. The molecule has 2 aliphatic rings. The number of rotatable bonds is 7. The summed E-state index contributed by atoms with van der Waals surface area (Å²) in [5.41, 5.74) is 1.09. The molecule has 1 unspecified atom stereocenters. The maximum atomic E-state index is 12.4. The first-order valence-electron chi connectivity index (χ1n) is 11.8. The fourth-order valence-corrected chi connectivity index (χ4v) is 4.72. The second-order valence-electron chi connectivity index (χ2n) is 9.59. The van der Waals surface area contributed by atoms with Gasteiger partial charge in [0.2, 0.25) is 11.8 Å². The monoisotopic (exact) mass is 471 g/mol. The summed E-state index contributed by atoms with van der Waals surface area (Å²) in [6, 6.07) is 5.39. The number of carbonyl (C=O) groups is 2. The lowest BCUT2D eigenvalue weighted by Crippen LogP contribution is -2.43. The van der Waals surface area contributed by atoms with Gasteiger partial charge in [0.1, 0.15) is 6.10 Å². The zero-order valence-corrected chi connectivity index (χ0v) is 19.7. The highest BCUT2D eigenvalue weighted by Gasteiger charge is 2.32. The summed E-state index contributed by atoms with van der Waals surface area (Å²) in [4.78, 5) is 28.7. The van der Waals surface area contributed by atoms with Crippen LogP contribution in [-0.4, -0.2) is 57.1 Å². The topological polar surface area (TPSA) is 138 Å². The number of methoxy groups -OCH3 is 1. The second kappa shape index (κ2) is 10.4. The molecule has 2 heterocycles. The van der Waals surface area contributed by atoms with Crippen LogP contribution >= 0.6 is 0 Å². The summed E-state index contributed by atoms with van der Waals surface area (Å²) in [6.07, 6.45) is 6.48. The third-order valence-electron chi connectivity index (χ3n) is 6.72. The first-order chi connectivity index (χ1) is 16.3. The number of aliphatic hydroxyl groups is 1. The standard InChI is InChI=1S/C24H33N5O5/c1-24(32)8-5-17(6-9-24)26-23(31)34-18-4-3-16(13-18)19-14-20(29-28-19)27-21(30)11-15-7-10-25-22(12-15)33-2/h7,10,12,14,16-18,32H,3-6,8-9,11,13H2,1-2H3,(H,26,31)(H2,27,28,29,30)/t16-,17?,18?,24?/m1/s1. The Labute approximate surface area is 198 Å². The van der Waals surface area contributed by atoms with Gasteiger partial charge in [-0.25, -0.2) is 9.78 Å². The highest BCUT2D eigenvalue weighted by Crippen LogP contribution is 2.36. The van der Waals surface area contributed by atoms with E-state index in [1.165, 1.54) is 7.11 Å². The Morgan fingerprint density at radius 3 is 2.79 bits per heavy atom. The Balaban J connectivity index is 1.22. The van der Waals surface area contributed by atoms with Crippen molar-refractivity contribution in [3.05, 3.63) is 35.7 Å². The highest BCUT2D eigenvalue weighted by atomic mass is 16.6. The highest BCUT2D eigenvalue weighted by molar-refractivity contribution is 5.91. The number of pyridine rings is 1. The van der Waals surface area contributed by atoms with Crippen molar-refractivity contribution < 1.29 is 24.2 Å². The predicted octanol–water partition coefficient (Wildman–Crippen LogP) is 3.05. The van der Waals surface area contributed by atoms with E-state index < -0.39 is 5.60 Å². The zero-order chi connectivity index (χ0) is 24.1. The molecule has 4 N–H and O–H groups in total. The second-order valence-corrected chi connectivity index (χ2v) is 9.59. The van der Waals surface area contributed by atoms with E-state index in [1.54, 1.807) is 18.3 Å². The fraction of sp³-hybridized carbons (Fsp3) is 0.583. The van der Waals surface area contributed by atoms with E-state index in [2.05, 4.69) is 25.8 Å². The van der Waals surface area contributed by atoms with Crippen molar-refractivity contribution in [2.45, 2.75) is 82.0 Å². The van der Waals surface area contributed by atoms with Crippen molar-refractivity contribution in [1.82, 2.24) is 20.5 Å². The van der Waals surface area contributed by atoms with Gasteiger partial charge in [0, 0.05) is 36.0 Å². The number of alkyl carbamates (subject to hydrolysis) is 1. The van der Waals surface area contributed by atoms with Crippen molar-refractivity contribution in [2.24, 2.45) is 0 Å². The van der Waals surface area contributed by atoms with Gasteiger partial charge < -0.3 is 25.2 Å². The smallest absolute Gasteiger partial charge is 0.407 e. The van der Waals surface area contributed by atoms with Crippen LogP contribution in [0.3, 0.4) is 0 Å². The Morgan fingerprint density at radius 1 is 1.24 bits per heavy atom. The number of amides is 2. The minimum atomic E-state index is -0.629. The van der Waals surface area contributed by atoms with Crippen LogP contribution < -0.4 is 15.4 Å². The fourth-order valence-electron chi connectivity index (χ4n) is 4.72. The number of hydrogen-bond acceptors (Lipinski definition) is 7. The number of H-pyrrole nitrogens is 1. The molecule has 2 amide bonds. The lowest BCUT2D eigenvalue weighted by molar-refractivity contribution is -0.115. The molecule has 2 aromatic rings. The van der Waals surface area contributed by atoms with E-state index in [0.717, 1.165) is 36.9 Å². The molecule has 0 bridgehead atoms. The van der Waals surface area contributed by atoms with Crippen LogP contribution in [0.2, 0.25) is 0 Å². The number of nitrogens with zero attached hydrogens (tertiary/aromatic N) is 2. The van der Waals surface area contributed by atoms with Gasteiger partial charge in [-0.05, 0) is 63.5 Å². The molecule has 0 aliphatic heterocycles. The predicted molar refractivity (Wildman–Crippen MR) is 125 cm³/mol. The normalized spacial score (nSPS) is 26.6. The van der Waals surface area contributed by atoms with E-state index in [1.807, 2.05) is 13.0 Å². The van der Waals surface area contributed by atoms with E-state index in [9.17, 15) is 14.7 Å². The molecule has 4 rings (SSSR count). The summed E-state index contributed by atoms with van der Waals surface area (Å²) in [5, 5.41) is 23.0. The number of aromatic amines is 1. The van der Waals surface area contributed by atoms with Gasteiger partial charge >= 0.3 is 6.09 Å². The van der Waals surface area contributed by atoms with Gasteiger partial charge in [-0.3, -0.25) is 9.89 Å². The lowest BCUT2D eigenvalue weighted by atomic mass is 9.84. The Kier molecular flexibility index (Phi) is 7.35. The Hall–Kier alpha value is -3.14. The third kappa shape index (κ3) is 6.47. The van der Waals surface area contributed by atoms with Crippen LogP contribution in [0.15, 0.2) is 24.4 Å². The molecule has 0 radical (unpaired) electrons. The number of carbonyl (C=O) groups excluding carboxylic acids is 2. The van der Waals surface area contributed by atoms with Crippen molar-refractivity contribution >= 4 is 17.8 Å². The Morgan fingerprint density at radius 2 is 2.03 bits per heavy atom. The number of nitrogens with one attached hydrogen (secondary N) is 3.